The van der Waals surface area contributed by atoms with E-state index in [9.17, 15) is 9.59 Å². The summed E-state index contributed by atoms with van der Waals surface area (Å²) in [7, 11) is 0. The van der Waals surface area contributed by atoms with Crippen LogP contribution in [0.2, 0.25) is 0 Å². The van der Waals surface area contributed by atoms with Crippen molar-refractivity contribution in [2.75, 3.05) is 10.6 Å². The Kier molecular flexibility index (Phi) is 4.54. The molecule has 0 radical (unpaired) electrons. The minimum absolute atomic E-state index is 0.132. The molecule has 0 atom stereocenters. The summed E-state index contributed by atoms with van der Waals surface area (Å²) in [5, 5.41) is 7.48. The lowest BCUT2D eigenvalue weighted by Crippen LogP contribution is -2.17. The van der Waals surface area contributed by atoms with Crippen molar-refractivity contribution in [2.45, 2.75) is 6.42 Å². The molecule has 0 spiro atoms. The molecule has 2 amide bonds. The molecule has 0 saturated carbocycles. The number of thiophene rings is 1. The number of anilines is 2. The van der Waals surface area contributed by atoms with E-state index in [1.807, 2.05) is 17.5 Å². The van der Waals surface area contributed by atoms with Crippen molar-refractivity contribution in [1.82, 2.24) is 0 Å². The Hall–Kier alpha value is -2.86. The number of nitrogens with one attached hydrogen (secondary N) is 2. The molecule has 23 heavy (non-hydrogen) atoms. The molecule has 6 heteroatoms. The molecular weight excluding hydrogens is 312 g/mol. The third-order valence-electron chi connectivity index (χ3n) is 3.11. The molecule has 0 aliphatic carbocycles. The molecule has 0 aliphatic rings. The van der Waals surface area contributed by atoms with E-state index in [1.165, 1.54) is 17.6 Å². The molecular formula is C17H14N2O3S. The number of carbonyl (C=O) groups is 2. The van der Waals surface area contributed by atoms with Crippen LogP contribution in [0.3, 0.4) is 0 Å². The van der Waals surface area contributed by atoms with Gasteiger partial charge < -0.3 is 15.1 Å². The third kappa shape index (κ3) is 3.87. The predicted molar refractivity (Wildman–Crippen MR) is 89.8 cm³/mol. The molecule has 0 unspecified atom stereocenters. The molecule has 0 bridgehead atoms. The van der Waals surface area contributed by atoms with Gasteiger partial charge in [-0.15, -0.1) is 11.3 Å². The highest BCUT2D eigenvalue weighted by Gasteiger charge is 2.13. The van der Waals surface area contributed by atoms with Crippen molar-refractivity contribution in [3.05, 3.63) is 70.8 Å². The van der Waals surface area contributed by atoms with Gasteiger partial charge in [0.25, 0.3) is 5.91 Å². The molecule has 2 aromatic heterocycles. The van der Waals surface area contributed by atoms with E-state index in [-0.39, 0.29) is 17.6 Å². The summed E-state index contributed by atoms with van der Waals surface area (Å²) in [6.07, 6.45) is 1.74. The minimum atomic E-state index is -0.366. The van der Waals surface area contributed by atoms with Gasteiger partial charge in [0.05, 0.1) is 24.1 Å². The van der Waals surface area contributed by atoms with Gasteiger partial charge in [-0.05, 0) is 35.7 Å². The van der Waals surface area contributed by atoms with Crippen molar-refractivity contribution >= 4 is 34.5 Å². The first-order valence-electron chi connectivity index (χ1n) is 6.98. The molecule has 116 valence electrons. The van der Waals surface area contributed by atoms with Crippen LogP contribution in [0.1, 0.15) is 15.4 Å². The molecule has 0 saturated heterocycles. The van der Waals surface area contributed by atoms with Crippen LogP contribution in [0.5, 0.6) is 0 Å². The van der Waals surface area contributed by atoms with Crippen LogP contribution in [0.15, 0.2) is 64.6 Å². The summed E-state index contributed by atoms with van der Waals surface area (Å²) in [5.74, 6) is -0.285. The highest BCUT2D eigenvalue weighted by Crippen LogP contribution is 2.22. The van der Waals surface area contributed by atoms with Crippen LogP contribution in [-0.4, -0.2) is 11.8 Å². The zero-order valence-corrected chi connectivity index (χ0v) is 12.9. The molecule has 1 aromatic carbocycles. The average Bonchev–Trinajstić information content (AvgIpc) is 3.22. The molecule has 3 rings (SSSR count). The fraction of sp³-hybridized carbons (Fsp3) is 0.0588. The minimum Gasteiger partial charge on any atom is -0.459 e. The predicted octanol–water partition coefficient (Wildman–Crippen LogP) is 3.77. The maximum atomic E-state index is 12.1. The van der Waals surface area contributed by atoms with Gasteiger partial charge in [-0.25, -0.2) is 0 Å². The van der Waals surface area contributed by atoms with Crippen LogP contribution >= 0.6 is 11.3 Å². The van der Waals surface area contributed by atoms with Gasteiger partial charge in [-0.1, -0.05) is 18.2 Å². The van der Waals surface area contributed by atoms with Gasteiger partial charge in [0.1, 0.15) is 0 Å². The van der Waals surface area contributed by atoms with Gasteiger partial charge in [-0.3, -0.25) is 9.59 Å². The summed E-state index contributed by atoms with van der Waals surface area (Å²) in [4.78, 5) is 25.2. The van der Waals surface area contributed by atoms with Crippen LogP contribution in [-0.2, 0) is 11.2 Å². The van der Waals surface area contributed by atoms with E-state index in [0.29, 0.717) is 17.8 Å². The van der Waals surface area contributed by atoms with Crippen LogP contribution in [0.25, 0.3) is 0 Å². The number of furan rings is 1. The lowest BCUT2D eigenvalue weighted by Gasteiger charge is -2.11. The average molecular weight is 326 g/mol. The monoisotopic (exact) mass is 326 g/mol. The van der Waals surface area contributed by atoms with Crippen molar-refractivity contribution in [2.24, 2.45) is 0 Å². The summed E-state index contributed by atoms with van der Waals surface area (Å²) < 4.78 is 5.06. The van der Waals surface area contributed by atoms with Crippen LogP contribution < -0.4 is 10.6 Å². The van der Waals surface area contributed by atoms with Crippen molar-refractivity contribution in [1.29, 1.82) is 0 Å². The van der Waals surface area contributed by atoms with Crippen LogP contribution in [0, 0.1) is 0 Å². The molecule has 0 aliphatic heterocycles. The summed E-state index contributed by atoms with van der Waals surface area (Å²) in [6, 6.07) is 14.1. The number of rotatable bonds is 5. The van der Waals surface area contributed by atoms with Crippen molar-refractivity contribution in [3.63, 3.8) is 0 Å². The number of benzene rings is 1. The summed E-state index contributed by atoms with van der Waals surface area (Å²) in [5.41, 5.74) is 1.07. The molecule has 0 fully saturated rings. The number of carbonyl (C=O) groups excluding carboxylic acids is 2. The van der Waals surface area contributed by atoms with Crippen molar-refractivity contribution < 1.29 is 14.0 Å². The fourth-order valence-corrected chi connectivity index (χ4v) is 2.76. The quantitative estimate of drug-likeness (QED) is 0.749. The van der Waals surface area contributed by atoms with E-state index in [0.717, 1.165) is 4.88 Å². The Morgan fingerprint density at radius 2 is 1.74 bits per heavy atom. The second kappa shape index (κ2) is 6.93. The zero-order chi connectivity index (χ0) is 16.1. The fourth-order valence-electron chi connectivity index (χ4n) is 2.06. The smallest absolute Gasteiger partial charge is 0.291 e. The van der Waals surface area contributed by atoms with E-state index < -0.39 is 0 Å². The molecule has 5 nitrogen and oxygen atoms in total. The Labute approximate surface area is 136 Å². The molecule has 2 N–H and O–H groups in total. The second-order valence-electron chi connectivity index (χ2n) is 4.78. The normalized spacial score (nSPS) is 10.3. The van der Waals surface area contributed by atoms with Crippen LogP contribution in [0.4, 0.5) is 11.4 Å². The number of hydrogen-bond acceptors (Lipinski definition) is 4. The number of amides is 2. The Morgan fingerprint density at radius 3 is 2.39 bits per heavy atom. The summed E-state index contributed by atoms with van der Waals surface area (Å²) >= 11 is 1.53. The lowest BCUT2D eigenvalue weighted by molar-refractivity contribution is -0.115. The van der Waals surface area contributed by atoms with Gasteiger partial charge in [-0.2, -0.15) is 0 Å². The Bertz CT molecular complexity index is 795. The standard InChI is InChI=1S/C17H14N2O3S/c20-16(11-12-5-4-10-23-12)18-13-6-1-2-7-14(13)19-17(21)15-8-3-9-22-15/h1-10H,11H2,(H,18,20)(H,19,21). The summed E-state index contributed by atoms with van der Waals surface area (Å²) in [6.45, 7) is 0. The largest absolute Gasteiger partial charge is 0.459 e. The lowest BCUT2D eigenvalue weighted by atomic mass is 10.2. The Morgan fingerprint density at radius 1 is 0.957 bits per heavy atom. The second-order valence-corrected chi connectivity index (χ2v) is 5.81. The maximum Gasteiger partial charge on any atom is 0.291 e. The first-order valence-corrected chi connectivity index (χ1v) is 7.86. The van der Waals surface area contributed by atoms with E-state index in [4.69, 9.17) is 4.42 Å². The highest BCUT2D eigenvalue weighted by atomic mass is 32.1. The first-order chi connectivity index (χ1) is 11.2. The van der Waals surface area contributed by atoms with Gasteiger partial charge in [0, 0.05) is 4.88 Å². The van der Waals surface area contributed by atoms with E-state index >= 15 is 0 Å². The molecule has 3 aromatic rings. The topological polar surface area (TPSA) is 71.3 Å². The SMILES string of the molecule is O=C(Cc1cccs1)Nc1ccccc1NC(=O)c1ccco1. The molecule has 2 heterocycles. The highest BCUT2D eigenvalue weighted by molar-refractivity contribution is 7.10. The maximum absolute atomic E-state index is 12.1. The van der Waals surface area contributed by atoms with Crippen molar-refractivity contribution in [3.8, 4) is 0 Å². The zero-order valence-electron chi connectivity index (χ0n) is 12.1. The van der Waals surface area contributed by atoms with Gasteiger partial charge in [0.2, 0.25) is 5.91 Å². The van der Waals surface area contributed by atoms with Gasteiger partial charge >= 0.3 is 0 Å². The first kappa shape index (κ1) is 15.1. The number of para-hydroxylation sites is 2. The van der Waals surface area contributed by atoms with E-state index in [1.54, 1.807) is 36.4 Å². The Balaban J connectivity index is 1.70. The van der Waals surface area contributed by atoms with E-state index in [2.05, 4.69) is 10.6 Å². The van der Waals surface area contributed by atoms with Gasteiger partial charge in [0.15, 0.2) is 5.76 Å². The third-order valence-corrected chi connectivity index (χ3v) is 3.99. The number of hydrogen-bond donors (Lipinski definition) is 2.